The summed E-state index contributed by atoms with van der Waals surface area (Å²) in [6.45, 7) is -0.271. The summed E-state index contributed by atoms with van der Waals surface area (Å²) in [6.07, 6.45) is 4.49. The number of fused-ring (bicyclic) bond motifs is 1. The van der Waals surface area contributed by atoms with Crippen molar-refractivity contribution in [2.75, 3.05) is 25.1 Å². The molecule has 0 aliphatic carbocycles. The molecular formula is C25H23Cl2N7O3. The van der Waals surface area contributed by atoms with E-state index in [1.807, 2.05) is 6.07 Å². The maximum Gasteiger partial charge on any atom is 0.271 e. The van der Waals surface area contributed by atoms with E-state index in [1.165, 1.54) is 6.20 Å². The van der Waals surface area contributed by atoms with Crippen molar-refractivity contribution in [2.24, 2.45) is 0 Å². The number of pyridine rings is 1. The number of hydrogen-bond acceptors (Lipinski definition) is 8. The molecule has 3 heterocycles. The quantitative estimate of drug-likeness (QED) is 0.224. The van der Waals surface area contributed by atoms with Crippen LogP contribution >= 0.6 is 23.2 Å². The number of halogens is 2. The Morgan fingerprint density at radius 3 is 2.62 bits per heavy atom. The van der Waals surface area contributed by atoms with Crippen molar-refractivity contribution in [1.82, 2.24) is 24.7 Å². The van der Waals surface area contributed by atoms with Crippen LogP contribution in [0.2, 0.25) is 10.0 Å². The van der Waals surface area contributed by atoms with Crippen LogP contribution < -0.4 is 10.6 Å². The van der Waals surface area contributed by atoms with Crippen molar-refractivity contribution in [1.29, 1.82) is 5.26 Å². The number of carbonyl (C=O) groups excluding carboxylic acids is 1. The van der Waals surface area contributed by atoms with Gasteiger partial charge in [0, 0.05) is 41.3 Å². The third-order valence-electron chi connectivity index (χ3n) is 5.52. The minimum Gasteiger partial charge on any atom is -0.394 e. The number of nitrogens with one attached hydrogen (secondary N) is 2. The van der Waals surface area contributed by atoms with Crippen LogP contribution in [0.15, 0.2) is 48.8 Å². The van der Waals surface area contributed by atoms with Crippen molar-refractivity contribution < 1.29 is 15.0 Å². The number of benzene rings is 1. The van der Waals surface area contributed by atoms with Gasteiger partial charge in [0.1, 0.15) is 17.4 Å². The third kappa shape index (κ3) is 6.34. The summed E-state index contributed by atoms with van der Waals surface area (Å²) in [5.74, 6) is -0.0977. The molecule has 37 heavy (non-hydrogen) atoms. The Kier molecular flexibility index (Phi) is 8.53. The zero-order chi connectivity index (χ0) is 26.4. The molecule has 0 atom stereocenters. The first kappa shape index (κ1) is 26.3. The molecule has 12 heteroatoms. The van der Waals surface area contributed by atoms with E-state index >= 15 is 0 Å². The zero-order valence-electron chi connectivity index (χ0n) is 19.5. The molecule has 1 aromatic carbocycles. The minimum absolute atomic E-state index is 0.0953. The lowest BCUT2D eigenvalue weighted by atomic mass is 10.1. The first-order valence-electron chi connectivity index (χ1n) is 11.4. The Morgan fingerprint density at radius 2 is 1.95 bits per heavy atom. The molecule has 0 radical (unpaired) electrons. The van der Waals surface area contributed by atoms with Crippen molar-refractivity contribution in [3.63, 3.8) is 0 Å². The van der Waals surface area contributed by atoms with Gasteiger partial charge in [-0.15, -0.1) is 0 Å². The Hall–Kier alpha value is -3.75. The number of aliphatic hydroxyl groups excluding tert-OH is 2. The van der Waals surface area contributed by atoms with Crippen LogP contribution in [-0.2, 0) is 6.42 Å². The molecule has 0 aliphatic rings. The van der Waals surface area contributed by atoms with Gasteiger partial charge in [-0.05, 0) is 43.2 Å². The van der Waals surface area contributed by atoms with Gasteiger partial charge in [0.25, 0.3) is 5.91 Å². The lowest BCUT2D eigenvalue weighted by Crippen LogP contribution is -2.40. The monoisotopic (exact) mass is 539 g/mol. The molecule has 0 aliphatic heterocycles. The lowest BCUT2D eigenvalue weighted by Gasteiger charge is -2.12. The highest BCUT2D eigenvalue weighted by Crippen LogP contribution is 2.31. The van der Waals surface area contributed by atoms with E-state index in [4.69, 9.17) is 33.4 Å². The number of rotatable bonds is 10. The van der Waals surface area contributed by atoms with Crippen molar-refractivity contribution >= 4 is 40.7 Å². The molecule has 0 spiro atoms. The van der Waals surface area contributed by atoms with Gasteiger partial charge in [0.15, 0.2) is 0 Å². The molecule has 3 aromatic heterocycles. The van der Waals surface area contributed by atoms with Gasteiger partial charge in [-0.2, -0.15) is 5.26 Å². The van der Waals surface area contributed by atoms with Gasteiger partial charge in [-0.3, -0.25) is 14.2 Å². The van der Waals surface area contributed by atoms with Gasteiger partial charge in [-0.1, -0.05) is 23.2 Å². The summed E-state index contributed by atoms with van der Waals surface area (Å²) >= 11 is 12.5. The summed E-state index contributed by atoms with van der Waals surface area (Å²) in [7, 11) is 0. The van der Waals surface area contributed by atoms with Crippen molar-refractivity contribution in [3.8, 4) is 17.3 Å². The highest BCUT2D eigenvalue weighted by Gasteiger charge is 2.18. The van der Waals surface area contributed by atoms with E-state index in [2.05, 4.69) is 26.7 Å². The van der Waals surface area contributed by atoms with Crippen LogP contribution in [0.1, 0.15) is 28.2 Å². The Balaban J connectivity index is 1.61. The number of aryl methyl sites for hydroxylation is 1. The number of nitrogens with zero attached hydrogens (tertiary/aromatic N) is 5. The van der Waals surface area contributed by atoms with Gasteiger partial charge in [0.05, 0.1) is 35.5 Å². The number of anilines is 1. The fraction of sp³-hybridized carbons (Fsp3) is 0.240. The fourth-order valence-corrected chi connectivity index (χ4v) is 4.08. The number of aliphatic hydroxyl groups is 2. The molecule has 0 fully saturated rings. The largest absolute Gasteiger partial charge is 0.394 e. The lowest BCUT2D eigenvalue weighted by molar-refractivity contribution is 0.0875. The molecular weight excluding hydrogens is 517 g/mol. The second-order valence-electron chi connectivity index (χ2n) is 8.16. The predicted molar refractivity (Wildman–Crippen MR) is 140 cm³/mol. The molecule has 10 nitrogen and oxygen atoms in total. The van der Waals surface area contributed by atoms with E-state index in [9.17, 15) is 15.0 Å². The molecule has 4 aromatic rings. The molecule has 190 valence electrons. The average molecular weight is 540 g/mol. The summed E-state index contributed by atoms with van der Waals surface area (Å²) in [4.78, 5) is 26.1. The van der Waals surface area contributed by atoms with Crippen LogP contribution in [-0.4, -0.2) is 61.3 Å². The van der Waals surface area contributed by atoms with Gasteiger partial charge >= 0.3 is 0 Å². The first-order valence-corrected chi connectivity index (χ1v) is 12.1. The average Bonchev–Trinajstić information content (AvgIpc) is 3.34. The van der Waals surface area contributed by atoms with Crippen LogP contribution in [0.4, 0.5) is 5.95 Å². The van der Waals surface area contributed by atoms with Gasteiger partial charge in [0.2, 0.25) is 5.95 Å². The molecule has 0 saturated heterocycles. The van der Waals surface area contributed by atoms with E-state index in [0.29, 0.717) is 51.4 Å². The Bertz CT molecular complexity index is 1450. The second-order valence-corrected chi connectivity index (χ2v) is 9.00. The number of nitriles is 1. The maximum atomic E-state index is 12.7. The topological polar surface area (TPSA) is 148 Å². The van der Waals surface area contributed by atoms with Crippen LogP contribution in [0.5, 0.6) is 0 Å². The Labute approximate surface area is 222 Å². The van der Waals surface area contributed by atoms with Crippen LogP contribution in [0.3, 0.4) is 0 Å². The third-order valence-corrected chi connectivity index (χ3v) is 6.06. The first-order chi connectivity index (χ1) is 17.9. The Morgan fingerprint density at radius 1 is 1.14 bits per heavy atom. The molecule has 0 unspecified atom stereocenters. The summed E-state index contributed by atoms with van der Waals surface area (Å²) in [6, 6.07) is 11.6. The van der Waals surface area contributed by atoms with Crippen molar-refractivity contribution in [3.05, 3.63) is 75.8 Å². The fourth-order valence-electron chi connectivity index (χ4n) is 3.57. The molecule has 0 bridgehead atoms. The number of amides is 1. The number of hydrogen-bond donors (Lipinski definition) is 4. The minimum atomic E-state index is -0.799. The molecule has 1 amide bonds. The molecule has 4 rings (SSSR count). The molecule has 0 saturated carbocycles. The zero-order valence-corrected chi connectivity index (χ0v) is 21.0. The van der Waals surface area contributed by atoms with Crippen molar-refractivity contribution in [2.45, 2.75) is 18.9 Å². The number of carbonyl (C=O) groups is 1. The smallest absolute Gasteiger partial charge is 0.271 e. The van der Waals surface area contributed by atoms with Gasteiger partial charge in [-0.25, -0.2) is 9.97 Å². The summed E-state index contributed by atoms with van der Waals surface area (Å²) in [5, 5.41) is 34.2. The highest BCUT2D eigenvalue weighted by molar-refractivity contribution is 6.36. The predicted octanol–water partition coefficient (Wildman–Crippen LogP) is 3.10. The van der Waals surface area contributed by atoms with E-state index in [1.54, 1.807) is 40.9 Å². The highest BCUT2D eigenvalue weighted by atomic mass is 35.5. The normalized spacial score (nSPS) is 11.0. The van der Waals surface area contributed by atoms with E-state index in [-0.39, 0.29) is 5.69 Å². The SMILES string of the molecule is N#Cc1ccc(CCCNc2nc(-c3ccc(Cl)cc3Cl)cc3nc(C(=O)NC(CO)CO)cn23)nc1. The van der Waals surface area contributed by atoms with Gasteiger partial charge < -0.3 is 20.8 Å². The van der Waals surface area contributed by atoms with Crippen LogP contribution in [0, 0.1) is 11.3 Å². The standard InChI is InChI=1S/C25H23Cl2N7O3/c26-16-4-6-19(20(27)8-16)21-9-23-32-22(24(37)31-18(13-35)14-36)12-34(23)25(33-21)29-7-1-2-17-5-3-15(10-28)11-30-17/h3-6,8-9,11-12,18,35-36H,1-2,7,13-14H2,(H,29,33)(H,31,37). The maximum absolute atomic E-state index is 12.7. The van der Waals surface area contributed by atoms with Crippen LogP contribution in [0.25, 0.3) is 16.9 Å². The number of imidazole rings is 1. The second kappa shape index (κ2) is 12.0. The van der Waals surface area contributed by atoms with E-state index < -0.39 is 25.2 Å². The molecule has 4 N–H and O–H groups in total. The summed E-state index contributed by atoms with van der Waals surface area (Å²) < 4.78 is 1.65. The van der Waals surface area contributed by atoms with E-state index in [0.717, 1.165) is 12.1 Å². The number of aromatic nitrogens is 4. The summed E-state index contributed by atoms with van der Waals surface area (Å²) in [5.41, 5.74) is 3.10.